The molecule has 1 saturated heterocycles. The van der Waals surface area contributed by atoms with E-state index >= 15 is 0 Å². The molecule has 1 fully saturated rings. The fourth-order valence-electron chi connectivity index (χ4n) is 3.54. The molecule has 1 aliphatic rings. The van der Waals surface area contributed by atoms with Crippen LogP contribution in [0.15, 0.2) is 36.4 Å². The summed E-state index contributed by atoms with van der Waals surface area (Å²) in [6, 6.07) is 9.96. The van der Waals surface area contributed by atoms with Gasteiger partial charge in [0.15, 0.2) is 0 Å². The Kier molecular flexibility index (Phi) is 7.38. The number of carbonyl (C=O) groups excluding carboxylic acids is 1. The van der Waals surface area contributed by atoms with Gasteiger partial charge in [0.25, 0.3) is 5.91 Å². The number of hydrogen-bond acceptors (Lipinski definition) is 4. The number of carboxylic acid groups (broad SMARTS) is 1. The van der Waals surface area contributed by atoms with Crippen molar-refractivity contribution in [2.24, 2.45) is 0 Å². The van der Waals surface area contributed by atoms with Gasteiger partial charge in [-0.1, -0.05) is 24.9 Å². The first kappa shape index (κ1) is 21.7. The summed E-state index contributed by atoms with van der Waals surface area (Å²) in [6.07, 6.45) is 5.34. The van der Waals surface area contributed by atoms with Gasteiger partial charge in [-0.15, -0.1) is 0 Å². The van der Waals surface area contributed by atoms with E-state index < -0.39 is 11.9 Å². The van der Waals surface area contributed by atoms with E-state index in [0.29, 0.717) is 23.4 Å². The molecule has 2 radical (unpaired) electrons. The Morgan fingerprint density at radius 3 is 2.57 bits per heavy atom. The van der Waals surface area contributed by atoms with Gasteiger partial charge >= 0.3 is 5.97 Å². The van der Waals surface area contributed by atoms with Crippen molar-refractivity contribution < 1.29 is 19.4 Å². The molecule has 30 heavy (non-hydrogen) atoms. The van der Waals surface area contributed by atoms with Crippen LogP contribution in [-0.2, 0) is 0 Å². The van der Waals surface area contributed by atoms with Gasteiger partial charge in [-0.05, 0) is 56.0 Å². The topological polar surface area (TPSA) is 78.9 Å². The van der Waals surface area contributed by atoms with Gasteiger partial charge in [-0.25, -0.2) is 4.79 Å². The smallest absolute Gasteiger partial charge is 0.337 e. The number of anilines is 2. The highest BCUT2D eigenvalue weighted by Gasteiger charge is 2.20. The maximum absolute atomic E-state index is 13.1. The average molecular weight is 406 g/mol. The maximum atomic E-state index is 13.1. The van der Waals surface area contributed by atoms with Crippen molar-refractivity contribution >= 4 is 36.6 Å². The van der Waals surface area contributed by atoms with Crippen molar-refractivity contribution in [3.8, 4) is 5.75 Å². The summed E-state index contributed by atoms with van der Waals surface area (Å²) in [5, 5.41) is 12.1. The molecule has 2 N–H and O–H groups in total. The molecule has 1 heterocycles. The van der Waals surface area contributed by atoms with E-state index in [4.69, 9.17) is 12.6 Å². The normalized spacial score (nSPS) is 13.7. The predicted molar refractivity (Wildman–Crippen MR) is 120 cm³/mol. The monoisotopic (exact) mass is 406 g/mol. The van der Waals surface area contributed by atoms with Gasteiger partial charge in [0.2, 0.25) is 0 Å². The molecule has 2 aromatic rings. The lowest BCUT2D eigenvalue weighted by atomic mass is 9.94. The number of benzene rings is 2. The zero-order valence-electron chi connectivity index (χ0n) is 17.3. The lowest BCUT2D eigenvalue weighted by Crippen LogP contribution is -2.29. The lowest BCUT2D eigenvalue weighted by Gasteiger charge is -2.29. The fraction of sp³-hybridized carbons (Fsp3) is 0.391. The fourth-order valence-corrected chi connectivity index (χ4v) is 3.54. The largest absolute Gasteiger partial charge is 0.493 e. The van der Waals surface area contributed by atoms with Crippen LogP contribution in [0.4, 0.5) is 11.4 Å². The van der Waals surface area contributed by atoms with Crippen LogP contribution in [0, 0.1) is 0 Å². The minimum absolute atomic E-state index is 0.0156. The molecule has 0 saturated carbocycles. The summed E-state index contributed by atoms with van der Waals surface area (Å²) in [7, 11) is 5.80. The highest BCUT2D eigenvalue weighted by Crippen LogP contribution is 2.28. The van der Waals surface area contributed by atoms with Crippen LogP contribution >= 0.6 is 0 Å². The molecule has 0 unspecified atom stereocenters. The lowest BCUT2D eigenvalue weighted by molar-refractivity contribution is 0.0698. The Bertz CT molecular complexity index is 910. The van der Waals surface area contributed by atoms with E-state index in [2.05, 4.69) is 17.1 Å². The molecule has 0 aromatic heterocycles. The molecule has 2 aromatic carbocycles. The first-order valence-corrected chi connectivity index (χ1v) is 10.5. The van der Waals surface area contributed by atoms with E-state index in [1.54, 1.807) is 0 Å². The molecule has 0 aliphatic carbocycles. The van der Waals surface area contributed by atoms with Crippen molar-refractivity contribution in [1.29, 1.82) is 0 Å². The molecule has 156 valence electrons. The number of carbonyl (C=O) groups is 2. The van der Waals surface area contributed by atoms with Gasteiger partial charge in [-0.3, -0.25) is 4.79 Å². The molecular weight excluding hydrogens is 379 g/mol. The van der Waals surface area contributed by atoms with E-state index in [-0.39, 0.29) is 11.3 Å². The van der Waals surface area contributed by atoms with E-state index in [0.717, 1.165) is 44.5 Å². The molecule has 0 bridgehead atoms. The number of amides is 1. The Balaban J connectivity index is 1.91. The van der Waals surface area contributed by atoms with Crippen molar-refractivity contribution in [1.82, 2.24) is 0 Å². The third-order valence-corrected chi connectivity index (χ3v) is 5.21. The number of aromatic carboxylic acids is 1. The minimum atomic E-state index is -1.13. The molecule has 1 amide bonds. The number of unbranched alkanes of at least 4 members (excludes halogenated alkanes) is 1. The number of rotatable bonds is 8. The number of hydrogen-bond donors (Lipinski definition) is 2. The van der Waals surface area contributed by atoms with Gasteiger partial charge in [0.05, 0.1) is 23.4 Å². The third-order valence-electron chi connectivity index (χ3n) is 5.21. The Hall–Kier alpha value is -2.96. The minimum Gasteiger partial charge on any atom is -0.493 e. The summed E-state index contributed by atoms with van der Waals surface area (Å²) in [4.78, 5) is 26.9. The quantitative estimate of drug-likeness (QED) is 0.517. The van der Waals surface area contributed by atoms with Crippen LogP contribution in [-0.4, -0.2) is 44.5 Å². The predicted octanol–water partition coefficient (Wildman–Crippen LogP) is 3.60. The van der Waals surface area contributed by atoms with E-state index in [9.17, 15) is 14.7 Å². The first-order valence-electron chi connectivity index (χ1n) is 10.5. The Morgan fingerprint density at radius 2 is 1.87 bits per heavy atom. The van der Waals surface area contributed by atoms with Gasteiger partial charge in [0.1, 0.15) is 13.6 Å². The number of nitrogens with one attached hydrogen (secondary N) is 1. The van der Waals surface area contributed by atoms with Crippen molar-refractivity contribution in [3.63, 3.8) is 0 Å². The summed E-state index contributed by atoms with van der Waals surface area (Å²) in [5.74, 6) is -1.07. The summed E-state index contributed by atoms with van der Waals surface area (Å²) >= 11 is 0. The van der Waals surface area contributed by atoms with Gasteiger partial charge in [0, 0.05) is 18.8 Å². The Labute approximate surface area is 178 Å². The zero-order chi connectivity index (χ0) is 21.5. The second-order valence-corrected chi connectivity index (χ2v) is 7.49. The van der Waals surface area contributed by atoms with Crippen molar-refractivity contribution in [2.75, 3.05) is 29.9 Å². The van der Waals surface area contributed by atoms with Crippen molar-refractivity contribution in [3.05, 3.63) is 47.5 Å². The number of piperidine rings is 1. The Morgan fingerprint density at radius 1 is 1.10 bits per heavy atom. The molecular formula is C23H27BN2O4. The van der Waals surface area contributed by atoms with E-state index in [1.165, 1.54) is 24.6 Å². The standard InChI is InChI=1S/C23H27BN2O4/c1-2-3-13-30-21-10-8-17(26-11-5-4-6-12-26)15-19(21)22(27)25-20-14-16(24)7-9-18(20)23(28)29/h7-10,14-15H,2-6,11-13H2,1H3,(H,25,27)(H,28,29). The summed E-state index contributed by atoms with van der Waals surface area (Å²) < 4.78 is 5.86. The highest BCUT2D eigenvalue weighted by atomic mass is 16.5. The molecule has 1 aliphatic heterocycles. The van der Waals surface area contributed by atoms with Gasteiger partial charge < -0.3 is 20.1 Å². The van der Waals surface area contributed by atoms with Crippen LogP contribution in [0.25, 0.3) is 0 Å². The molecule has 0 spiro atoms. The van der Waals surface area contributed by atoms with Crippen LogP contribution < -0.4 is 20.4 Å². The molecule has 7 heteroatoms. The van der Waals surface area contributed by atoms with Crippen LogP contribution in [0.1, 0.15) is 59.7 Å². The highest BCUT2D eigenvalue weighted by molar-refractivity contribution is 6.33. The SMILES string of the molecule is [B]c1ccc(C(=O)O)c(NC(=O)c2cc(N3CCCCC3)ccc2OCCCC)c1. The third kappa shape index (κ3) is 5.35. The van der Waals surface area contributed by atoms with E-state index in [1.807, 2.05) is 18.2 Å². The maximum Gasteiger partial charge on any atom is 0.337 e. The van der Waals surface area contributed by atoms with Gasteiger partial charge in [-0.2, -0.15) is 0 Å². The zero-order valence-corrected chi connectivity index (χ0v) is 17.3. The second kappa shape index (κ2) is 10.2. The number of carboxylic acids is 1. The molecule has 6 nitrogen and oxygen atoms in total. The molecule has 0 atom stereocenters. The first-order chi connectivity index (χ1) is 14.5. The van der Waals surface area contributed by atoms with Crippen LogP contribution in [0.3, 0.4) is 0 Å². The average Bonchev–Trinajstić information content (AvgIpc) is 2.74. The second-order valence-electron chi connectivity index (χ2n) is 7.49. The molecule has 3 rings (SSSR count). The van der Waals surface area contributed by atoms with Crippen molar-refractivity contribution in [2.45, 2.75) is 39.0 Å². The summed E-state index contributed by atoms with van der Waals surface area (Å²) in [5.41, 5.74) is 1.87. The van der Waals surface area contributed by atoms with Crippen LogP contribution in [0.5, 0.6) is 5.75 Å². The number of ether oxygens (including phenoxy) is 1. The summed E-state index contributed by atoms with van der Waals surface area (Å²) in [6.45, 7) is 4.49. The number of nitrogens with zero attached hydrogens (tertiary/aromatic N) is 1. The van der Waals surface area contributed by atoms with Crippen LogP contribution in [0.2, 0.25) is 0 Å².